The van der Waals surface area contributed by atoms with Gasteiger partial charge in [0, 0.05) is 29.8 Å². The SMILES string of the molecule is CCCC1CCCN(C(=O)c2ccc(-c3nnc(-c4ccccc4C)o3)cc2)CC1. The van der Waals surface area contributed by atoms with E-state index in [1.165, 1.54) is 19.3 Å². The predicted molar refractivity (Wildman–Crippen MR) is 118 cm³/mol. The fourth-order valence-electron chi connectivity index (χ4n) is 4.26. The molecule has 1 aliphatic rings. The third-order valence-corrected chi connectivity index (χ3v) is 6.01. The largest absolute Gasteiger partial charge is 0.416 e. The normalized spacial score (nSPS) is 17.0. The lowest BCUT2D eigenvalue weighted by Crippen LogP contribution is -2.32. The van der Waals surface area contributed by atoms with Crippen molar-refractivity contribution in [1.29, 1.82) is 0 Å². The van der Waals surface area contributed by atoms with Crippen molar-refractivity contribution >= 4 is 5.91 Å². The average Bonchev–Trinajstić information content (AvgIpc) is 3.14. The highest BCUT2D eigenvalue weighted by molar-refractivity contribution is 5.94. The Morgan fingerprint density at radius 1 is 1.03 bits per heavy atom. The molecular formula is C25H29N3O2. The molecule has 3 aromatic rings. The first-order chi connectivity index (χ1) is 14.7. The van der Waals surface area contributed by atoms with Crippen molar-refractivity contribution in [2.75, 3.05) is 13.1 Å². The number of carbonyl (C=O) groups excluding carboxylic acids is 1. The lowest BCUT2D eigenvalue weighted by molar-refractivity contribution is 0.0760. The van der Waals surface area contributed by atoms with Crippen LogP contribution in [0.25, 0.3) is 22.9 Å². The zero-order valence-electron chi connectivity index (χ0n) is 17.8. The maximum atomic E-state index is 13.0. The smallest absolute Gasteiger partial charge is 0.253 e. The van der Waals surface area contributed by atoms with Gasteiger partial charge in [-0.3, -0.25) is 4.79 Å². The Hall–Kier alpha value is -2.95. The average molecular weight is 404 g/mol. The van der Waals surface area contributed by atoms with Crippen LogP contribution in [0, 0.1) is 12.8 Å². The standard InChI is InChI=1S/C25H29N3O2/c1-3-7-19-9-6-16-28(17-15-19)25(29)21-13-11-20(12-14-21)23-26-27-24(30-23)22-10-5-4-8-18(22)2/h4-5,8,10-14,19H,3,6-7,9,15-17H2,1-2H3. The number of rotatable bonds is 5. The van der Waals surface area contributed by atoms with Crippen LogP contribution in [0.2, 0.25) is 0 Å². The lowest BCUT2D eigenvalue weighted by atomic mass is 9.96. The molecule has 156 valence electrons. The molecule has 1 fully saturated rings. The maximum absolute atomic E-state index is 13.0. The van der Waals surface area contributed by atoms with E-state index in [-0.39, 0.29) is 5.91 Å². The van der Waals surface area contributed by atoms with Gasteiger partial charge >= 0.3 is 0 Å². The van der Waals surface area contributed by atoms with Gasteiger partial charge in [0.25, 0.3) is 5.91 Å². The fraction of sp³-hybridized carbons (Fsp3) is 0.400. The molecule has 0 radical (unpaired) electrons. The van der Waals surface area contributed by atoms with Gasteiger partial charge in [0.2, 0.25) is 11.8 Å². The van der Waals surface area contributed by atoms with Gasteiger partial charge in [-0.1, -0.05) is 38.0 Å². The third-order valence-electron chi connectivity index (χ3n) is 6.01. The van der Waals surface area contributed by atoms with E-state index >= 15 is 0 Å². The second-order valence-electron chi connectivity index (χ2n) is 8.18. The van der Waals surface area contributed by atoms with Gasteiger partial charge in [-0.05, 0) is 68.0 Å². The maximum Gasteiger partial charge on any atom is 0.253 e. The van der Waals surface area contributed by atoms with Crippen molar-refractivity contribution in [2.24, 2.45) is 5.92 Å². The number of benzene rings is 2. The predicted octanol–water partition coefficient (Wildman–Crippen LogP) is 5.75. The minimum absolute atomic E-state index is 0.116. The van der Waals surface area contributed by atoms with E-state index < -0.39 is 0 Å². The van der Waals surface area contributed by atoms with Crippen LogP contribution in [0.3, 0.4) is 0 Å². The summed E-state index contributed by atoms with van der Waals surface area (Å²) in [6.45, 7) is 5.97. The van der Waals surface area contributed by atoms with E-state index in [0.29, 0.717) is 17.3 Å². The lowest BCUT2D eigenvalue weighted by Gasteiger charge is -2.20. The molecule has 1 saturated heterocycles. The number of hydrogen-bond donors (Lipinski definition) is 0. The van der Waals surface area contributed by atoms with Crippen molar-refractivity contribution in [3.8, 4) is 22.9 Å². The first-order valence-electron chi connectivity index (χ1n) is 10.9. The Morgan fingerprint density at radius 2 is 1.80 bits per heavy atom. The van der Waals surface area contributed by atoms with Crippen molar-refractivity contribution < 1.29 is 9.21 Å². The minimum atomic E-state index is 0.116. The Bertz CT molecular complexity index is 994. The van der Waals surface area contributed by atoms with E-state index in [2.05, 4.69) is 17.1 Å². The van der Waals surface area contributed by atoms with Crippen molar-refractivity contribution in [1.82, 2.24) is 15.1 Å². The van der Waals surface area contributed by atoms with E-state index in [1.54, 1.807) is 0 Å². The highest BCUT2D eigenvalue weighted by Gasteiger charge is 2.21. The molecule has 1 atom stereocenters. The van der Waals surface area contributed by atoms with Crippen molar-refractivity contribution in [3.63, 3.8) is 0 Å². The summed E-state index contributed by atoms with van der Waals surface area (Å²) in [6.07, 6.45) is 5.93. The number of nitrogens with zero attached hydrogens (tertiary/aromatic N) is 3. The van der Waals surface area contributed by atoms with Gasteiger partial charge in [-0.15, -0.1) is 10.2 Å². The first-order valence-corrected chi connectivity index (χ1v) is 10.9. The number of carbonyl (C=O) groups is 1. The van der Waals surface area contributed by atoms with Gasteiger partial charge < -0.3 is 9.32 Å². The number of amides is 1. The topological polar surface area (TPSA) is 59.2 Å². The minimum Gasteiger partial charge on any atom is -0.416 e. The van der Waals surface area contributed by atoms with Crippen LogP contribution < -0.4 is 0 Å². The van der Waals surface area contributed by atoms with E-state index in [4.69, 9.17) is 4.42 Å². The first kappa shape index (κ1) is 20.3. The van der Waals surface area contributed by atoms with E-state index in [9.17, 15) is 4.79 Å². The molecule has 1 amide bonds. The Morgan fingerprint density at radius 3 is 2.57 bits per heavy atom. The van der Waals surface area contributed by atoms with Gasteiger partial charge in [-0.25, -0.2) is 0 Å². The molecule has 2 heterocycles. The molecule has 0 aliphatic carbocycles. The number of aromatic nitrogens is 2. The van der Waals surface area contributed by atoms with Gasteiger partial charge in [0.05, 0.1) is 0 Å². The van der Waals surface area contributed by atoms with Crippen LogP contribution in [-0.4, -0.2) is 34.1 Å². The van der Waals surface area contributed by atoms with Crippen LogP contribution in [0.5, 0.6) is 0 Å². The Kier molecular flexibility index (Phi) is 6.26. The molecule has 1 aromatic heterocycles. The summed E-state index contributed by atoms with van der Waals surface area (Å²) >= 11 is 0. The van der Waals surface area contributed by atoms with E-state index in [0.717, 1.165) is 48.5 Å². The molecule has 0 spiro atoms. The molecule has 5 nitrogen and oxygen atoms in total. The van der Waals surface area contributed by atoms with Crippen LogP contribution in [-0.2, 0) is 0 Å². The monoisotopic (exact) mass is 403 g/mol. The number of hydrogen-bond acceptors (Lipinski definition) is 4. The van der Waals surface area contributed by atoms with Gasteiger partial charge in [-0.2, -0.15) is 0 Å². The second-order valence-corrected chi connectivity index (χ2v) is 8.18. The highest BCUT2D eigenvalue weighted by Crippen LogP contribution is 2.27. The molecular weight excluding hydrogens is 374 g/mol. The summed E-state index contributed by atoms with van der Waals surface area (Å²) in [6, 6.07) is 15.4. The zero-order chi connectivity index (χ0) is 20.9. The van der Waals surface area contributed by atoms with Crippen molar-refractivity contribution in [2.45, 2.75) is 46.0 Å². The summed E-state index contributed by atoms with van der Waals surface area (Å²) in [5, 5.41) is 8.39. The number of likely N-dealkylation sites (tertiary alicyclic amines) is 1. The molecule has 5 heteroatoms. The quantitative estimate of drug-likeness (QED) is 0.544. The zero-order valence-corrected chi connectivity index (χ0v) is 17.8. The van der Waals surface area contributed by atoms with Crippen LogP contribution in [0.1, 0.15) is 54.9 Å². The molecule has 30 heavy (non-hydrogen) atoms. The number of aryl methyl sites for hydroxylation is 1. The summed E-state index contributed by atoms with van der Waals surface area (Å²) < 4.78 is 5.89. The Labute approximate surface area is 178 Å². The van der Waals surface area contributed by atoms with Gasteiger partial charge in [0.1, 0.15) is 0 Å². The summed E-state index contributed by atoms with van der Waals surface area (Å²) in [5.41, 5.74) is 3.56. The van der Waals surface area contributed by atoms with Crippen LogP contribution >= 0.6 is 0 Å². The molecule has 0 saturated carbocycles. The second kappa shape index (κ2) is 9.24. The summed E-state index contributed by atoms with van der Waals surface area (Å²) in [5.74, 6) is 1.85. The fourth-order valence-corrected chi connectivity index (χ4v) is 4.26. The third kappa shape index (κ3) is 4.45. The molecule has 2 aromatic carbocycles. The van der Waals surface area contributed by atoms with Crippen LogP contribution in [0.4, 0.5) is 0 Å². The van der Waals surface area contributed by atoms with E-state index in [1.807, 2.05) is 60.4 Å². The van der Waals surface area contributed by atoms with Crippen molar-refractivity contribution in [3.05, 3.63) is 59.7 Å². The van der Waals surface area contributed by atoms with Crippen LogP contribution in [0.15, 0.2) is 52.9 Å². The molecule has 1 aliphatic heterocycles. The summed E-state index contributed by atoms with van der Waals surface area (Å²) in [7, 11) is 0. The molecule has 4 rings (SSSR count). The van der Waals surface area contributed by atoms with Gasteiger partial charge in [0.15, 0.2) is 0 Å². The molecule has 1 unspecified atom stereocenters. The molecule has 0 bridgehead atoms. The molecule has 0 N–H and O–H groups in total. The summed E-state index contributed by atoms with van der Waals surface area (Å²) in [4.78, 5) is 15.0. The highest BCUT2D eigenvalue weighted by atomic mass is 16.4. The Balaban J connectivity index is 1.46.